The minimum atomic E-state index is -3.44. The van der Waals surface area contributed by atoms with Crippen LogP contribution in [0.4, 0.5) is 0 Å². The Morgan fingerprint density at radius 1 is 0.163 bits per heavy atom. The zero-order chi connectivity index (χ0) is 61.8. The molecule has 0 aromatic carbocycles. The van der Waals surface area contributed by atoms with Crippen molar-refractivity contribution in [2.24, 2.45) is 0 Å². The van der Waals surface area contributed by atoms with Gasteiger partial charge in [-0.2, -0.15) is 8.42 Å². The lowest BCUT2D eigenvalue weighted by Gasteiger charge is -2.09. The van der Waals surface area contributed by atoms with Crippen molar-refractivity contribution in [3.8, 4) is 0 Å². The molecule has 518 valence electrons. The predicted octanol–water partition coefficient (Wildman–Crippen LogP) is 4.27. The molecule has 0 bridgehead atoms. The summed E-state index contributed by atoms with van der Waals surface area (Å²) in [7, 11) is -3.44. The van der Waals surface area contributed by atoms with E-state index in [2.05, 4.69) is 11.1 Å². The van der Waals surface area contributed by atoms with E-state index in [1.165, 1.54) is 57.8 Å². The highest BCUT2D eigenvalue weighted by molar-refractivity contribution is 7.85. The second kappa shape index (κ2) is 78.2. The maximum atomic E-state index is 10.8. The van der Waals surface area contributed by atoms with Crippen LogP contribution in [0.15, 0.2) is 0 Å². The van der Waals surface area contributed by atoms with Crippen LogP contribution in [-0.4, -0.2) is 325 Å². The molecule has 0 spiro atoms. The molecule has 0 saturated carbocycles. The van der Waals surface area contributed by atoms with E-state index in [9.17, 15) is 8.42 Å². The smallest absolute Gasteiger partial charge is 0.264 e. The third-order valence-electron chi connectivity index (χ3n) is 11.4. The van der Waals surface area contributed by atoms with Gasteiger partial charge in [0.05, 0.1) is 310 Å². The molecule has 0 radical (unpaired) electrons. The number of unbranched alkanes of at least 4 members (excludes halogenated alkanes) is 9. The fourth-order valence-electron chi connectivity index (χ4n) is 6.88. The van der Waals surface area contributed by atoms with E-state index in [0.717, 1.165) is 19.3 Å². The van der Waals surface area contributed by atoms with Crippen molar-refractivity contribution in [1.82, 2.24) is 0 Å². The van der Waals surface area contributed by atoms with Gasteiger partial charge in [-0.3, -0.25) is 4.18 Å². The molecule has 0 aromatic heterocycles. The Hall–Kier alpha value is -1.01. The zero-order valence-corrected chi connectivity index (χ0v) is 54.1. The van der Waals surface area contributed by atoms with Crippen LogP contribution in [0.1, 0.15) is 71.1 Å². The summed E-state index contributed by atoms with van der Waals surface area (Å²) in [6, 6.07) is 0. The van der Waals surface area contributed by atoms with Gasteiger partial charge in [0.1, 0.15) is 0 Å². The summed E-state index contributed by atoms with van der Waals surface area (Å²) in [6.45, 7) is 24.7. The van der Waals surface area contributed by atoms with Gasteiger partial charge in [-0.25, -0.2) is 0 Å². The molecule has 0 aliphatic heterocycles. The van der Waals surface area contributed by atoms with E-state index in [-0.39, 0.29) is 13.2 Å². The molecule has 0 aliphatic rings. The minimum Gasteiger partial charge on any atom is -0.379 e. The third-order valence-corrected chi connectivity index (χ3v) is 11.9. The summed E-state index contributed by atoms with van der Waals surface area (Å²) < 4.78 is 153. The highest BCUT2D eigenvalue weighted by atomic mass is 32.2. The number of ether oxygens (including phenoxy) is 23. The van der Waals surface area contributed by atoms with Crippen LogP contribution in [0.25, 0.3) is 0 Å². The fraction of sp³-hybridized carbons (Fsp3) is 1.00. The zero-order valence-electron chi connectivity index (χ0n) is 53.3. The van der Waals surface area contributed by atoms with Crippen LogP contribution in [0.5, 0.6) is 0 Å². The molecule has 0 heterocycles. The van der Waals surface area contributed by atoms with E-state index in [0.29, 0.717) is 291 Å². The molecule has 0 amide bonds. The van der Waals surface area contributed by atoms with Crippen LogP contribution < -0.4 is 0 Å². The monoisotopic (exact) mass is 1280 g/mol. The van der Waals surface area contributed by atoms with Crippen LogP contribution in [0, 0.1) is 0 Å². The van der Waals surface area contributed by atoms with Gasteiger partial charge in [-0.05, 0) is 6.42 Å². The summed E-state index contributed by atoms with van der Waals surface area (Å²) in [4.78, 5) is 0. The Morgan fingerprint density at radius 3 is 0.419 bits per heavy atom. The molecule has 0 N–H and O–H groups in total. The van der Waals surface area contributed by atoms with Crippen molar-refractivity contribution < 1.29 is 122 Å². The lowest BCUT2D eigenvalue weighted by molar-refractivity contribution is -0.0319. The van der Waals surface area contributed by atoms with Gasteiger partial charge in [-0.15, -0.1) is 0 Å². The van der Waals surface area contributed by atoms with Crippen LogP contribution in [-0.2, 0) is 123 Å². The maximum Gasteiger partial charge on any atom is 0.264 e. The molecule has 0 aliphatic carbocycles. The molecular formula is C59H120O26S. The van der Waals surface area contributed by atoms with E-state index in [1.54, 1.807) is 0 Å². The average molecular weight is 1280 g/mol. The Morgan fingerprint density at radius 2 is 0.279 bits per heavy atom. The number of rotatable bonds is 81. The third kappa shape index (κ3) is 83.0. The van der Waals surface area contributed by atoms with E-state index in [4.69, 9.17) is 109 Å². The van der Waals surface area contributed by atoms with Crippen LogP contribution >= 0.6 is 0 Å². The number of hydrogen-bond donors (Lipinski definition) is 0. The highest BCUT2D eigenvalue weighted by Crippen LogP contribution is 2.10. The van der Waals surface area contributed by atoms with Gasteiger partial charge in [0.15, 0.2) is 0 Å². The highest BCUT2D eigenvalue weighted by Gasteiger charge is 2.03. The largest absolute Gasteiger partial charge is 0.379 e. The Balaban J connectivity index is 3.09. The molecule has 0 atom stereocenters. The summed E-state index contributed by atoms with van der Waals surface area (Å²) in [5.41, 5.74) is 0. The second-order valence-electron chi connectivity index (χ2n) is 18.8. The average Bonchev–Trinajstić information content (AvgIpc) is 3.51. The second-order valence-corrected chi connectivity index (χ2v) is 20.4. The first-order valence-corrected chi connectivity index (χ1v) is 33.5. The lowest BCUT2D eigenvalue weighted by Crippen LogP contribution is -2.16. The van der Waals surface area contributed by atoms with Crippen molar-refractivity contribution in [2.45, 2.75) is 71.1 Å². The summed E-state index contributed by atoms with van der Waals surface area (Å²) in [6.07, 6.45) is 14.3. The van der Waals surface area contributed by atoms with E-state index < -0.39 is 10.1 Å². The molecule has 0 rings (SSSR count). The van der Waals surface area contributed by atoms with E-state index >= 15 is 0 Å². The lowest BCUT2D eigenvalue weighted by atomic mass is 10.1. The first kappa shape index (κ1) is 85.0. The SMILES string of the molecule is CCCCCCCCCCCCOCCOCCOCCOCCOCCOCCOCCOCCOCCOCCOCCOCCOCCOCCOCCOCCOCCOCCOCCOCCOCCOCCOCCOS(C)(=O)=O. The van der Waals surface area contributed by atoms with Gasteiger partial charge in [0.25, 0.3) is 10.1 Å². The Kier molecular flexibility index (Phi) is 77.3. The van der Waals surface area contributed by atoms with Crippen molar-refractivity contribution in [3.05, 3.63) is 0 Å². The van der Waals surface area contributed by atoms with E-state index in [1.807, 2.05) is 0 Å². The van der Waals surface area contributed by atoms with Gasteiger partial charge in [-0.1, -0.05) is 64.7 Å². The maximum absolute atomic E-state index is 10.8. The molecule has 27 heteroatoms. The standard InChI is InChI=1S/C59H120O26S/c1-3-4-5-6-7-8-9-10-11-12-13-62-14-15-63-16-17-64-18-19-65-20-21-66-22-23-67-24-25-68-26-27-69-28-29-70-30-31-71-32-33-72-34-35-73-36-37-74-38-39-75-40-41-76-42-43-77-44-45-78-46-47-79-48-49-80-50-51-81-52-53-82-54-55-83-56-57-84-58-59-85-86(2,60)61/h3-59H2,1-2H3. The summed E-state index contributed by atoms with van der Waals surface area (Å²) >= 11 is 0. The van der Waals surface area contributed by atoms with Crippen molar-refractivity contribution in [3.63, 3.8) is 0 Å². The van der Waals surface area contributed by atoms with Crippen LogP contribution in [0.2, 0.25) is 0 Å². The van der Waals surface area contributed by atoms with Gasteiger partial charge in [0.2, 0.25) is 0 Å². The minimum absolute atomic E-state index is 0.0101. The Bertz CT molecular complexity index is 1320. The Labute approximate surface area is 517 Å². The van der Waals surface area contributed by atoms with Gasteiger partial charge < -0.3 is 109 Å². The van der Waals surface area contributed by atoms with Crippen molar-refractivity contribution >= 4 is 10.1 Å². The quantitative estimate of drug-likeness (QED) is 0.0609. The molecule has 0 unspecified atom stereocenters. The molecule has 0 fully saturated rings. The van der Waals surface area contributed by atoms with Crippen molar-refractivity contribution in [2.75, 3.05) is 317 Å². The molecule has 86 heavy (non-hydrogen) atoms. The molecular weight excluding hydrogens is 1160 g/mol. The fourth-order valence-corrected chi connectivity index (χ4v) is 7.25. The topological polar surface area (TPSA) is 256 Å². The first-order chi connectivity index (χ1) is 42.6. The van der Waals surface area contributed by atoms with Gasteiger partial charge in [0, 0.05) is 6.61 Å². The van der Waals surface area contributed by atoms with Crippen LogP contribution in [0.3, 0.4) is 0 Å². The van der Waals surface area contributed by atoms with Gasteiger partial charge >= 0.3 is 0 Å². The number of hydrogen-bond acceptors (Lipinski definition) is 26. The molecule has 0 aromatic rings. The molecule has 0 saturated heterocycles. The first-order valence-electron chi connectivity index (χ1n) is 31.7. The van der Waals surface area contributed by atoms with Crippen molar-refractivity contribution in [1.29, 1.82) is 0 Å². The molecule has 26 nitrogen and oxygen atoms in total. The summed E-state index contributed by atoms with van der Waals surface area (Å²) in [5, 5.41) is 0. The summed E-state index contributed by atoms with van der Waals surface area (Å²) in [5.74, 6) is 0. The predicted molar refractivity (Wildman–Crippen MR) is 321 cm³/mol. The normalized spacial score (nSPS) is 12.0.